The second-order valence-corrected chi connectivity index (χ2v) is 9.06. The van der Waals surface area contributed by atoms with Gasteiger partial charge in [0.2, 0.25) is 16.0 Å². The molecule has 172 valence electrons. The van der Waals surface area contributed by atoms with E-state index in [1.54, 1.807) is 0 Å². The zero-order valence-corrected chi connectivity index (χ0v) is 16.9. The van der Waals surface area contributed by atoms with E-state index in [4.69, 9.17) is 0 Å². The Morgan fingerprint density at radius 2 is 1.77 bits per heavy atom. The fraction of sp³-hybridized carbons (Fsp3) is 0.562. The Kier molecular flexibility index (Phi) is 6.19. The number of halogens is 6. The predicted molar refractivity (Wildman–Crippen MR) is 97.4 cm³/mol. The Morgan fingerprint density at radius 1 is 1.13 bits per heavy atom. The predicted octanol–water partition coefficient (Wildman–Crippen LogP) is 2.76. The van der Waals surface area contributed by atoms with Crippen molar-refractivity contribution in [2.24, 2.45) is 0 Å². The van der Waals surface area contributed by atoms with E-state index in [-0.39, 0.29) is 30.6 Å². The summed E-state index contributed by atoms with van der Waals surface area (Å²) in [5, 5.41) is 6.33. The first-order valence-corrected chi connectivity index (χ1v) is 10.8. The van der Waals surface area contributed by atoms with Crippen LogP contribution in [0.5, 0.6) is 0 Å². The molecule has 1 saturated heterocycles. The van der Waals surface area contributed by atoms with Crippen LogP contribution in [0, 0.1) is 0 Å². The number of hydrogen-bond acceptors (Lipinski definition) is 6. The Hall–Kier alpha value is -2.42. The number of rotatable bonds is 5. The molecule has 3 heterocycles. The van der Waals surface area contributed by atoms with E-state index in [1.165, 1.54) is 4.31 Å². The summed E-state index contributed by atoms with van der Waals surface area (Å²) < 4.78 is 103. The highest BCUT2D eigenvalue weighted by molar-refractivity contribution is 7.88. The fourth-order valence-corrected chi connectivity index (χ4v) is 4.02. The van der Waals surface area contributed by atoms with Gasteiger partial charge in [-0.3, -0.25) is 4.68 Å². The number of anilines is 1. The van der Waals surface area contributed by atoms with Gasteiger partial charge in [0, 0.05) is 37.1 Å². The molecule has 8 nitrogen and oxygen atoms in total. The summed E-state index contributed by atoms with van der Waals surface area (Å²) in [7, 11) is -3.34. The molecule has 1 fully saturated rings. The number of hydrogen-bond donors (Lipinski definition) is 1. The summed E-state index contributed by atoms with van der Waals surface area (Å²) in [5.41, 5.74) is -2.06. The third-order valence-electron chi connectivity index (χ3n) is 4.60. The maximum atomic E-state index is 13.4. The first kappa shape index (κ1) is 23.2. The maximum Gasteiger partial charge on any atom is 0.419 e. The molecule has 0 spiro atoms. The molecule has 0 radical (unpaired) electrons. The molecule has 0 unspecified atom stereocenters. The van der Waals surface area contributed by atoms with Crippen molar-refractivity contribution in [2.45, 2.75) is 37.8 Å². The quantitative estimate of drug-likeness (QED) is 0.673. The minimum Gasteiger partial charge on any atom is -0.351 e. The first-order chi connectivity index (χ1) is 14.2. The molecule has 1 aliphatic rings. The highest BCUT2D eigenvalue weighted by Crippen LogP contribution is 2.36. The van der Waals surface area contributed by atoms with Gasteiger partial charge in [-0.25, -0.2) is 22.7 Å². The molecule has 31 heavy (non-hydrogen) atoms. The molecule has 3 rings (SSSR count). The summed E-state index contributed by atoms with van der Waals surface area (Å²) in [6.07, 6.45) is -5.30. The van der Waals surface area contributed by atoms with Crippen LogP contribution in [0.25, 0.3) is 11.3 Å². The molecule has 0 atom stereocenters. The molecule has 2 aromatic rings. The minimum atomic E-state index is -4.83. The van der Waals surface area contributed by atoms with Crippen molar-refractivity contribution < 1.29 is 34.8 Å². The summed E-state index contributed by atoms with van der Waals surface area (Å²) in [5.74, 6) is -0.149. The Morgan fingerprint density at radius 3 is 2.32 bits per heavy atom. The highest BCUT2D eigenvalue weighted by Gasteiger charge is 2.36. The number of nitrogens with one attached hydrogen (secondary N) is 1. The molecule has 1 N–H and O–H groups in total. The average molecular weight is 472 g/mol. The number of aromatic nitrogens is 4. The van der Waals surface area contributed by atoms with Crippen molar-refractivity contribution in [1.82, 2.24) is 24.1 Å². The second kappa shape index (κ2) is 8.26. The number of piperidine rings is 1. The third kappa shape index (κ3) is 6.06. The van der Waals surface area contributed by atoms with Gasteiger partial charge in [0.1, 0.15) is 12.1 Å². The van der Waals surface area contributed by atoms with E-state index in [2.05, 4.69) is 20.4 Å². The summed E-state index contributed by atoms with van der Waals surface area (Å²) in [6, 6.07) is -0.282. The summed E-state index contributed by atoms with van der Waals surface area (Å²) in [6.45, 7) is -0.994. The molecular formula is C16H18F6N6O2S. The summed E-state index contributed by atoms with van der Waals surface area (Å²) in [4.78, 5) is 7.55. The summed E-state index contributed by atoms with van der Waals surface area (Å²) >= 11 is 0. The van der Waals surface area contributed by atoms with Gasteiger partial charge >= 0.3 is 12.4 Å². The monoisotopic (exact) mass is 472 g/mol. The van der Waals surface area contributed by atoms with E-state index in [1.807, 2.05) is 0 Å². The lowest BCUT2D eigenvalue weighted by Crippen LogP contribution is -2.42. The smallest absolute Gasteiger partial charge is 0.351 e. The van der Waals surface area contributed by atoms with Crippen molar-refractivity contribution in [3.63, 3.8) is 0 Å². The van der Waals surface area contributed by atoms with Crippen LogP contribution in [0.3, 0.4) is 0 Å². The van der Waals surface area contributed by atoms with E-state index in [0.717, 1.165) is 18.6 Å². The second-order valence-electron chi connectivity index (χ2n) is 7.08. The Labute approximate surface area is 173 Å². The number of alkyl halides is 6. The lowest BCUT2D eigenvalue weighted by atomic mass is 10.1. The standard InChI is InChI=1S/C16H18F6N6O2S/c1-31(29,30)28-4-2-11(3-5-28)25-14-23-7-12(16(20,21)22)13(26-14)10-6-24-27(8-10)9-15(17,18)19/h6-8,11H,2-5,9H2,1H3,(H,23,25,26). The van der Waals surface area contributed by atoms with Crippen molar-refractivity contribution in [3.8, 4) is 11.3 Å². The topological polar surface area (TPSA) is 93.0 Å². The number of sulfonamides is 1. The van der Waals surface area contributed by atoms with Gasteiger partial charge in [0.25, 0.3) is 0 Å². The van der Waals surface area contributed by atoms with E-state index in [9.17, 15) is 34.8 Å². The van der Waals surface area contributed by atoms with Gasteiger partial charge in [-0.05, 0) is 12.8 Å². The van der Waals surface area contributed by atoms with E-state index >= 15 is 0 Å². The van der Waals surface area contributed by atoms with E-state index in [0.29, 0.717) is 23.7 Å². The van der Waals surface area contributed by atoms with Gasteiger partial charge in [-0.1, -0.05) is 0 Å². The van der Waals surface area contributed by atoms with Gasteiger partial charge < -0.3 is 5.32 Å². The molecule has 1 aliphatic heterocycles. The van der Waals surface area contributed by atoms with Gasteiger partial charge in [-0.2, -0.15) is 31.4 Å². The Balaban J connectivity index is 1.83. The maximum absolute atomic E-state index is 13.4. The van der Waals surface area contributed by atoms with Crippen LogP contribution >= 0.6 is 0 Å². The van der Waals surface area contributed by atoms with Crippen LogP contribution in [0.2, 0.25) is 0 Å². The minimum absolute atomic E-state index is 0.149. The first-order valence-electron chi connectivity index (χ1n) is 8.98. The SMILES string of the molecule is CS(=O)(=O)N1CCC(Nc2ncc(C(F)(F)F)c(-c3cnn(CC(F)(F)F)c3)n2)CC1. The Bertz CT molecular complexity index is 1030. The van der Waals surface area contributed by atoms with Gasteiger partial charge in [0.05, 0.1) is 18.1 Å². The van der Waals surface area contributed by atoms with Gasteiger partial charge in [0.15, 0.2) is 0 Å². The van der Waals surface area contributed by atoms with Crippen molar-refractivity contribution in [3.05, 3.63) is 24.2 Å². The van der Waals surface area contributed by atoms with Crippen molar-refractivity contribution in [1.29, 1.82) is 0 Å². The van der Waals surface area contributed by atoms with Crippen LogP contribution < -0.4 is 5.32 Å². The number of nitrogens with zero attached hydrogens (tertiary/aromatic N) is 5. The van der Waals surface area contributed by atoms with Crippen molar-refractivity contribution >= 4 is 16.0 Å². The third-order valence-corrected chi connectivity index (χ3v) is 5.90. The van der Waals surface area contributed by atoms with Crippen LogP contribution in [0.4, 0.5) is 32.3 Å². The molecule has 0 amide bonds. The molecular weight excluding hydrogens is 454 g/mol. The normalized spacial score (nSPS) is 17.1. The molecule has 0 bridgehead atoms. The lowest BCUT2D eigenvalue weighted by Gasteiger charge is -2.30. The highest BCUT2D eigenvalue weighted by atomic mass is 32.2. The van der Waals surface area contributed by atoms with Crippen LogP contribution in [-0.2, 0) is 22.7 Å². The molecule has 0 saturated carbocycles. The zero-order chi connectivity index (χ0) is 23.0. The largest absolute Gasteiger partial charge is 0.419 e. The fourth-order valence-electron chi connectivity index (χ4n) is 3.15. The van der Waals surface area contributed by atoms with E-state index < -0.39 is 40.2 Å². The molecule has 15 heteroatoms. The molecule has 0 aliphatic carbocycles. The van der Waals surface area contributed by atoms with Crippen LogP contribution in [0.1, 0.15) is 18.4 Å². The molecule has 2 aromatic heterocycles. The van der Waals surface area contributed by atoms with Gasteiger partial charge in [-0.15, -0.1) is 0 Å². The van der Waals surface area contributed by atoms with Crippen LogP contribution in [0.15, 0.2) is 18.6 Å². The zero-order valence-electron chi connectivity index (χ0n) is 16.1. The van der Waals surface area contributed by atoms with Crippen molar-refractivity contribution in [2.75, 3.05) is 24.7 Å². The lowest BCUT2D eigenvalue weighted by molar-refractivity contribution is -0.142. The average Bonchev–Trinajstić information content (AvgIpc) is 3.07. The van der Waals surface area contributed by atoms with Crippen LogP contribution in [-0.4, -0.2) is 64.0 Å². The molecule has 0 aromatic carbocycles.